The monoisotopic (exact) mass is 381 g/mol. The Morgan fingerprint density at radius 2 is 1.61 bits per heavy atom. The zero-order valence-corrected chi connectivity index (χ0v) is 17.8. The molecule has 28 heavy (non-hydrogen) atoms. The van der Waals surface area contributed by atoms with E-state index in [0.29, 0.717) is 0 Å². The van der Waals surface area contributed by atoms with Crippen LogP contribution in [0.4, 0.5) is 0 Å². The number of unbranched alkanes of at least 4 members (excludes halogenated alkanes) is 2. The molecule has 0 spiro atoms. The largest absolute Gasteiger partial charge is 0.386 e. The second-order valence-corrected chi connectivity index (χ2v) is 8.19. The average Bonchev–Trinajstić information content (AvgIpc) is 2.73. The van der Waals surface area contributed by atoms with Crippen LogP contribution in [0, 0.1) is 5.41 Å². The normalized spacial score (nSPS) is 15.5. The molecule has 2 aromatic rings. The van der Waals surface area contributed by atoms with Crippen LogP contribution in [0.15, 0.2) is 60.7 Å². The third-order valence-corrected chi connectivity index (χ3v) is 5.81. The first-order chi connectivity index (χ1) is 13.4. The van der Waals surface area contributed by atoms with Crippen molar-refractivity contribution < 1.29 is 9.90 Å². The predicted octanol–water partition coefficient (Wildman–Crippen LogP) is 5.40. The third-order valence-electron chi connectivity index (χ3n) is 5.81. The molecule has 0 bridgehead atoms. The van der Waals surface area contributed by atoms with E-state index in [1.54, 1.807) is 4.90 Å². The number of aliphatic hydroxyl groups is 1. The van der Waals surface area contributed by atoms with Gasteiger partial charge < -0.3 is 10.0 Å². The summed E-state index contributed by atoms with van der Waals surface area (Å²) < 4.78 is 0. The average molecular weight is 382 g/mol. The van der Waals surface area contributed by atoms with Crippen LogP contribution in [-0.2, 0) is 11.2 Å². The fraction of sp³-hybridized carbons (Fsp3) is 0.480. The summed E-state index contributed by atoms with van der Waals surface area (Å²) in [5, 5.41) is 10.8. The molecule has 0 saturated carbocycles. The lowest BCUT2D eigenvalue weighted by atomic mass is 9.77. The SMILES string of the molecule is CCCCC[C@](C)(Cc1ccccc1)C(=O)N(C)[C@@H](C)[C@@H](O)c1ccccc1. The number of rotatable bonds is 10. The van der Waals surface area contributed by atoms with Crippen molar-refractivity contribution in [1.29, 1.82) is 0 Å². The highest BCUT2D eigenvalue weighted by molar-refractivity contribution is 5.82. The van der Waals surface area contributed by atoms with Crippen molar-refractivity contribution in [2.24, 2.45) is 5.41 Å². The van der Waals surface area contributed by atoms with E-state index in [0.717, 1.165) is 37.7 Å². The minimum absolute atomic E-state index is 0.106. The Morgan fingerprint density at radius 3 is 2.18 bits per heavy atom. The molecule has 0 radical (unpaired) electrons. The van der Waals surface area contributed by atoms with Crippen molar-refractivity contribution in [2.45, 2.75) is 65.0 Å². The lowest BCUT2D eigenvalue weighted by molar-refractivity contribution is -0.144. The maximum Gasteiger partial charge on any atom is 0.228 e. The Morgan fingerprint density at radius 1 is 1.04 bits per heavy atom. The predicted molar refractivity (Wildman–Crippen MR) is 116 cm³/mol. The first kappa shape index (κ1) is 22.2. The highest BCUT2D eigenvalue weighted by atomic mass is 16.3. The number of hydrogen-bond donors (Lipinski definition) is 1. The molecule has 0 unspecified atom stereocenters. The number of hydrogen-bond acceptors (Lipinski definition) is 2. The number of carbonyl (C=O) groups is 1. The van der Waals surface area contributed by atoms with Crippen LogP contribution in [0.25, 0.3) is 0 Å². The number of nitrogens with zero attached hydrogens (tertiary/aromatic N) is 1. The molecule has 2 rings (SSSR count). The quantitative estimate of drug-likeness (QED) is 0.560. The van der Waals surface area contributed by atoms with Gasteiger partial charge in [0.2, 0.25) is 5.91 Å². The Labute approximate surface area is 170 Å². The van der Waals surface area contributed by atoms with Gasteiger partial charge in [-0.3, -0.25) is 4.79 Å². The number of aliphatic hydroxyl groups excluding tert-OH is 1. The summed E-state index contributed by atoms with van der Waals surface area (Å²) in [5.41, 5.74) is 1.54. The first-order valence-corrected chi connectivity index (χ1v) is 10.4. The van der Waals surface area contributed by atoms with Gasteiger partial charge in [0.05, 0.1) is 17.6 Å². The summed E-state index contributed by atoms with van der Waals surface area (Å²) in [7, 11) is 1.82. The van der Waals surface area contributed by atoms with Gasteiger partial charge in [0, 0.05) is 7.05 Å². The Hall–Kier alpha value is -2.13. The molecule has 152 valence electrons. The van der Waals surface area contributed by atoms with Crippen LogP contribution in [0.3, 0.4) is 0 Å². The fourth-order valence-electron chi connectivity index (χ4n) is 3.83. The molecule has 2 aromatic carbocycles. The molecule has 0 heterocycles. The van der Waals surface area contributed by atoms with E-state index < -0.39 is 11.5 Å². The Bertz CT molecular complexity index is 716. The van der Waals surface area contributed by atoms with Gasteiger partial charge in [-0.1, -0.05) is 93.8 Å². The van der Waals surface area contributed by atoms with Gasteiger partial charge in [0.25, 0.3) is 0 Å². The van der Waals surface area contributed by atoms with Crippen molar-refractivity contribution in [2.75, 3.05) is 7.05 Å². The summed E-state index contributed by atoms with van der Waals surface area (Å²) in [5.74, 6) is 0.106. The smallest absolute Gasteiger partial charge is 0.228 e. The molecule has 0 aromatic heterocycles. The van der Waals surface area contributed by atoms with E-state index in [1.165, 1.54) is 5.56 Å². The van der Waals surface area contributed by atoms with Gasteiger partial charge in [-0.15, -0.1) is 0 Å². The van der Waals surface area contributed by atoms with Gasteiger partial charge in [0.15, 0.2) is 0 Å². The Balaban J connectivity index is 2.19. The number of amides is 1. The van der Waals surface area contributed by atoms with E-state index in [9.17, 15) is 9.90 Å². The minimum Gasteiger partial charge on any atom is -0.386 e. The summed E-state index contributed by atoms with van der Waals surface area (Å²) >= 11 is 0. The molecule has 0 aliphatic heterocycles. The van der Waals surface area contributed by atoms with E-state index >= 15 is 0 Å². The molecule has 3 atom stereocenters. The molecule has 1 N–H and O–H groups in total. The second-order valence-electron chi connectivity index (χ2n) is 8.19. The summed E-state index contributed by atoms with van der Waals surface area (Å²) in [6, 6.07) is 19.5. The molecule has 0 saturated heterocycles. The van der Waals surface area contributed by atoms with Crippen molar-refractivity contribution in [3.05, 3.63) is 71.8 Å². The molecular formula is C25H35NO2. The molecule has 3 nitrogen and oxygen atoms in total. The standard InChI is InChI=1S/C25H35NO2/c1-5-6-13-18-25(3,19-21-14-9-7-10-15-21)24(28)26(4)20(2)23(27)22-16-11-8-12-17-22/h7-12,14-17,20,23,27H,5-6,13,18-19H2,1-4H3/t20-,23+,25+/m0/s1. The van der Waals surface area contributed by atoms with E-state index in [-0.39, 0.29) is 11.9 Å². The lowest BCUT2D eigenvalue weighted by Gasteiger charge is -2.37. The minimum atomic E-state index is -0.702. The van der Waals surface area contributed by atoms with Crippen LogP contribution in [0.5, 0.6) is 0 Å². The topological polar surface area (TPSA) is 40.5 Å². The van der Waals surface area contributed by atoms with Gasteiger partial charge in [-0.2, -0.15) is 0 Å². The van der Waals surface area contributed by atoms with Crippen molar-refractivity contribution in [3.63, 3.8) is 0 Å². The van der Waals surface area contributed by atoms with Crippen LogP contribution < -0.4 is 0 Å². The first-order valence-electron chi connectivity index (χ1n) is 10.4. The van der Waals surface area contributed by atoms with Gasteiger partial charge >= 0.3 is 0 Å². The number of carbonyl (C=O) groups excluding carboxylic acids is 1. The van der Waals surface area contributed by atoms with Crippen molar-refractivity contribution >= 4 is 5.91 Å². The van der Waals surface area contributed by atoms with E-state index in [1.807, 2.05) is 62.5 Å². The third kappa shape index (κ3) is 5.68. The second kappa shape index (κ2) is 10.4. The molecule has 0 fully saturated rings. The summed E-state index contributed by atoms with van der Waals surface area (Å²) in [6.07, 6.45) is 4.17. The summed E-state index contributed by atoms with van der Waals surface area (Å²) in [6.45, 7) is 6.18. The Kier molecular flexibility index (Phi) is 8.25. The number of benzene rings is 2. The molecular weight excluding hydrogens is 346 g/mol. The molecule has 0 aliphatic rings. The van der Waals surface area contributed by atoms with Crippen molar-refractivity contribution in [3.8, 4) is 0 Å². The zero-order chi connectivity index (χ0) is 20.6. The van der Waals surface area contributed by atoms with E-state index in [2.05, 4.69) is 26.0 Å². The van der Waals surface area contributed by atoms with Crippen LogP contribution in [0.1, 0.15) is 63.7 Å². The maximum atomic E-state index is 13.6. The number of likely N-dealkylation sites (N-methyl/N-ethyl adjacent to an activating group) is 1. The summed E-state index contributed by atoms with van der Waals surface area (Å²) in [4.78, 5) is 15.3. The highest BCUT2D eigenvalue weighted by Crippen LogP contribution is 2.33. The maximum absolute atomic E-state index is 13.6. The van der Waals surface area contributed by atoms with Crippen LogP contribution in [0.2, 0.25) is 0 Å². The van der Waals surface area contributed by atoms with E-state index in [4.69, 9.17) is 0 Å². The van der Waals surface area contributed by atoms with Crippen molar-refractivity contribution in [1.82, 2.24) is 4.90 Å². The fourth-order valence-corrected chi connectivity index (χ4v) is 3.83. The van der Waals surface area contributed by atoms with Gasteiger partial charge in [-0.05, 0) is 30.9 Å². The molecule has 1 amide bonds. The zero-order valence-electron chi connectivity index (χ0n) is 17.8. The van der Waals surface area contributed by atoms with Gasteiger partial charge in [0.1, 0.15) is 0 Å². The lowest BCUT2D eigenvalue weighted by Crippen LogP contribution is -2.47. The highest BCUT2D eigenvalue weighted by Gasteiger charge is 2.38. The molecule has 0 aliphatic carbocycles. The molecule has 3 heteroatoms. The van der Waals surface area contributed by atoms with Crippen LogP contribution in [-0.4, -0.2) is 29.0 Å². The van der Waals surface area contributed by atoms with Crippen LogP contribution >= 0.6 is 0 Å². The van der Waals surface area contributed by atoms with Gasteiger partial charge in [-0.25, -0.2) is 0 Å².